The number of nitrogens with zero attached hydrogens (tertiary/aromatic N) is 1. The first kappa shape index (κ1) is 16.6. The highest BCUT2D eigenvalue weighted by molar-refractivity contribution is 6.07. The maximum Gasteiger partial charge on any atom is 0.338 e. The number of hydrogen-bond acceptors (Lipinski definition) is 5. The molecule has 0 atom stereocenters. The number of benzene rings is 2. The summed E-state index contributed by atoms with van der Waals surface area (Å²) in [5.74, 6) is -0.451. The molecule has 0 unspecified atom stereocenters. The van der Waals surface area contributed by atoms with E-state index in [0.717, 1.165) is 40.2 Å². The predicted octanol–water partition coefficient (Wildman–Crippen LogP) is 2.60. The van der Waals surface area contributed by atoms with E-state index in [0.29, 0.717) is 18.8 Å². The molecule has 2 heterocycles. The fraction of sp³-hybridized carbons (Fsp3) is 0.300. The largest absolute Gasteiger partial charge is 0.465 e. The molecule has 2 aliphatic rings. The molecule has 1 amide bonds. The number of esters is 1. The summed E-state index contributed by atoms with van der Waals surface area (Å²) >= 11 is 0. The number of nitrogens with one attached hydrogen (secondary N) is 1. The second kappa shape index (κ2) is 6.46. The highest BCUT2D eigenvalue weighted by atomic mass is 16.5. The molecule has 0 radical (unpaired) electrons. The van der Waals surface area contributed by atoms with E-state index in [1.54, 1.807) is 11.9 Å². The van der Waals surface area contributed by atoms with Gasteiger partial charge in [-0.2, -0.15) is 0 Å². The van der Waals surface area contributed by atoms with E-state index in [1.165, 1.54) is 7.11 Å². The SMILES string of the molecule is COC(=O)c1cc(-c2ccc3c(c2)COCCN3)cc2c1CC(=O)N2C. The molecule has 2 aromatic rings. The maximum atomic E-state index is 12.3. The lowest BCUT2D eigenvalue weighted by Crippen LogP contribution is -2.20. The van der Waals surface area contributed by atoms with Gasteiger partial charge in [0, 0.05) is 30.5 Å². The summed E-state index contributed by atoms with van der Waals surface area (Å²) in [6, 6.07) is 9.87. The van der Waals surface area contributed by atoms with Crippen LogP contribution in [0.25, 0.3) is 11.1 Å². The van der Waals surface area contributed by atoms with Gasteiger partial charge in [-0.15, -0.1) is 0 Å². The van der Waals surface area contributed by atoms with Crippen molar-refractivity contribution < 1.29 is 19.1 Å². The van der Waals surface area contributed by atoms with E-state index in [9.17, 15) is 9.59 Å². The van der Waals surface area contributed by atoms with E-state index in [2.05, 4.69) is 11.4 Å². The first-order chi connectivity index (χ1) is 12.6. The first-order valence-electron chi connectivity index (χ1n) is 8.55. The average Bonchev–Trinajstić information content (AvgIpc) is 2.83. The summed E-state index contributed by atoms with van der Waals surface area (Å²) in [7, 11) is 3.08. The summed E-state index contributed by atoms with van der Waals surface area (Å²) in [6.07, 6.45) is 0.221. The Morgan fingerprint density at radius 3 is 2.88 bits per heavy atom. The van der Waals surface area contributed by atoms with Crippen LogP contribution in [0.4, 0.5) is 11.4 Å². The van der Waals surface area contributed by atoms with E-state index in [4.69, 9.17) is 9.47 Å². The van der Waals surface area contributed by atoms with Gasteiger partial charge in [0.2, 0.25) is 5.91 Å². The van der Waals surface area contributed by atoms with Crippen LogP contribution in [0.15, 0.2) is 30.3 Å². The van der Waals surface area contributed by atoms with Gasteiger partial charge in [-0.1, -0.05) is 6.07 Å². The Balaban J connectivity index is 1.84. The summed E-state index contributed by atoms with van der Waals surface area (Å²) in [5, 5.41) is 3.35. The molecule has 1 N–H and O–H groups in total. The van der Waals surface area contributed by atoms with Crippen molar-refractivity contribution in [3.05, 3.63) is 47.0 Å². The second-order valence-electron chi connectivity index (χ2n) is 6.49. The lowest BCUT2D eigenvalue weighted by molar-refractivity contribution is -0.117. The molecule has 0 bridgehead atoms. The number of ether oxygens (including phenoxy) is 2. The molecular weight excluding hydrogens is 332 g/mol. The minimum Gasteiger partial charge on any atom is -0.465 e. The molecular formula is C20H20N2O4. The van der Waals surface area contributed by atoms with Gasteiger partial charge in [-0.3, -0.25) is 4.79 Å². The van der Waals surface area contributed by atoms with Crippen LogP contribution in [0.3, 0.4) is 0 Å². The third-order valence-electron chi connectivity index (χ3n) is 4.95. The number of fused-ring (bicyclic) bond motifs is 2. The van der Waals surface area contributed by atoms with Crippen molar-refractivity contribution >= 4 is 23.3 Å². The predicted molar refractivity (Wildman–Crippen MR) is 98.5 cm³/mol. The zero-order valence-corrected chi connectivity index (χ0v) is 14.8. The molecule has 2 aromatic carbocycles. The standard InChI is InChI=1S/C20H20N2O4/c1-22-18-9-13(8-16(20(24)25-2)15(18)10-19(22)23)12-3-4-17-14(7-12)11-26-6-5-21-17/h3-4,7-9,21H,5-6,10-11H2,1-2H3. The minimum absolute atomic E-state index is 0.0261. The topological polar surface area (TPSA) is 67.9 Å². The highest BCUT2D eigenvalue weighted by Crippen LogP contribution is 2.37. The number of hydrogen-bond donors (Lipinski definition) is 1. The number of amides is 1. The van der Waals surface area contributed by atoms with Crippen LogP contribution in [-0.2, 0) is 27.3 Å². The van der Waals surface area contributed by atoms with Gasteiger partial charge < -0.3 is 19.7 Å². The second-order valence-corrected chi connectivity index (χ2v) is 6.49. The lowest BCUT2D eigenvalue weighted by atomic mass is 9.95. The van der Waals surface area contributed by atoms with Gasteiger partial charge >= 0.3 is 5.97 Å². The zero-order valence-electron chi connectivity index (χ0n) is 14.8. The smallest absolute Gasteiger partial charge is 0.338 e. The van der Waals surface area contributed by atoms with Crippen molar-refractivity contribution in [2.24, 2.45) is 0 Å². The maximum absolute atomic E-state index is 12.3. The number of likely N-dealkylation sites (N-methyl/N-ethyl adjacent to an activating group) is 1. The number of rotatable bonds is 2. The Kier molecular flexibility index (Phi) is 4.12. The van der Waals surface area contributed by atoms with Crippen LogP contribution in [0.2, 0.25) is 0 Å². The van der Waals surface area contributed by atoms with Crippen molar-refractivity contribution in [3.8, 4) is 11.1 Å². The quantitative estimate of drug-likeness (QED) is 0.842. The van der Waals surface area contributed by atoms with Gasteiger partial charge in [0.25, 0.3) is 0 Å². The summed E-state index contributed by atoms with van der Waals surface area (Å²) in [4.78, 5) is 26.0. The monoisotopic (exact) mass is 352 g/mol. The molecule has 0 saturated carbocycles. The minimum atomic E-state index is -0.425. The molecule has 26 heavy (non-hydrogen) atoms. The van der Waals surface area contributed by atoms with E-state index in [1.807, 2.05) is 24.3 Å². The summed E-state index contributed by atoms with van der Waals surface area (Å²) in [5.41, 5.74) is 5.92. The molecule has 0 fully saturated rings. The van der Waals surface area contributed by atoms with Crippen molar-refractivity contribution in [3.63, 3.8) is 0 Å². The molecule has 0 saturated heterocycles. The summed E-state index contributed by atoms with van der Waals surface area (Å²) in [6.45, 7) is 2.00. The molecule has 0 aliphatic carbocycles. The third-order valence-corrected chi connectivity index (χ3v) is 4.95. The molecule has 6 heteroatoms. The van der Waals surface area contributed by atoms with Crippen molar-refractivity contribution in [2.75, 3.05) is 37.5 Å². The fourth-order valence-electron chi connectivity index (χ4n) is 3.51. The van der Waals surface area contributed by atoms with Crippen LogP contribution in [0.1, 0.15) is 21.5 Å². The van der Waals surface area contributed by atoms with Crippen molar-refractivity contribution in [2.45, 2.75) is 13.0 Å². The fourth-order valence-corrected chi connectivity index (χ4v) is 3.51. The van der Waals surface area contributed by atoms with Gasteiger partial charge in [0.15, 0.2) is 0 Å². The number of carbonyl (C=O) groups excluding carboxylic acids is 2. The Morgan fingerprint density at radius 1 is 1.23 bits per heavy atom. The number of methoxy groups -OCH3 is 1. The zero-order chi connectivity index (χ0) is 18.3. The van der Waals surface area contributed by atoms with Crippen LogP contribution in [0, 0.1) is 0 Å². The Hall–Kier alpha value is -2.86. The summed E-state index contributed by atoms with van der Waals surface area (Å²) < 4.78 is 10.5. The van der Waals surface area contributed by atoms with Crippen LogP contribution >= 0.6 is 0 Å². The number of anilines is 2. The van der Waals surface area contributed by atoms with E-state index >= 15 is 0 Å². The van der Waals surface area contributed by atoms with Crippen molar-refractivity contribution in [1.29, 1.82) is 0 Å². The van der Waals surface area contributed by atoms with E-state index < -0.39 is 5.97 Å². The Morgan fingerprint density at radius 2 is 2.08 bits per heavy atom. The van der Waals surface area contributed by atoms with Gasteiger partial charge in [-0.25, -0.2) is 4.79 Å². The van der Waals surface area contributed by atoms with Crippen LogP contribution < -0.4 is 10.2 Å². The van der Waals surface area contributed by atoms with Crippen LogP contribution in [-0.4, -0.2) is 39.2 Å². The molecule has 0 aromatic heterocycles. The van der Waals surface area contributed by atoms with Crippen LogP contribution in [0.5, 0.6) is 0 Å². The Bertz CT molecular complexity index is 907. The van der Waals surface area contributed by atoms with Gasteiger partial charge in [-0.05, 0) is 41.0 Å². The Labute approximate surface area is 151 Å². The number of carbonyl (C=O) groups is 2. The molecule has 6 nitrogen and oxygen atoms in total. The third kappa shape index (κ3) is 2.72. The lowest BCUT2D eigenvalue weighted by Gasteiger charge is -2.15. The van der Waals surface area contributed by atoms with Gasteiger partial charge in [0.1, 0.15) is 0 Å². The first-order valence-corrected chi connectivity index (χ1v) is 8.55. The van der Waals surface area contributed by atoms with E-state index in [-0.39, 0.29) is 12.3 Å². The van der Waals surface area contributed by atoms with Crippen molar-refractivity contribution in [1.82, 2.24) is 0 Å². The average molecular weight is 352 g/mol. The highest BCUT2D eigenvalue weighted by Gasteiger charge is 2.30. The molecule has 2 aliphatic heterocycles. The molecule has 0 spiro atoms. The molecule has 134 valence electrons. The van der Waals surface area contributed by atoms with Gasteiger partial charge in [0.05, 0.1) is 32.3 Å². The molecule has 4 rings (SSSR count). The normalized spacial score (nSPS) is 15.8.